The van der Waals surface area contributed by atoms with Crippen LogP contribution < -0.4 is 15.2 Å². The van der Waals surface area contributed by atoms with Gasteiger partial charge in [0.05, 0.1) is 17.7 Å². The van der Waals surface area contributed by atoms with Crippen LogP contribution in [0, 0.1) is 5.41 Å². The average molecular weight is 356 g/mol. The lowest BCUT2D eigenvalue weighted by molar-refractivity contribution is 0.409. The highest BCUT2D eigenvalue weighted by atomic mass is 79.9. The first-order valence-corrected chi connectivity index (χ1v) is 6.83. The fraction of sp³-hybridized carbons (Fsp3) is 0.0714. The number of benzene rings is 2. The molecular formula is C14H12BrClN2O2. The third-order valence-electron chi connectivity index (χ3n) is 2.59. The van der Waals surface area contributed by atoms with E-state index >= 15 is 0 Å². The van der Waals surface area contributed by atoms with Gasteiger partial charge in [-0.15, -0.1) is 0 Å². The van der Waals surface area contributed by atoms with Crippen molar-refractivity contribution in [3.05, 3.63) is 51.5 Å². The van der Waals surface area contributed by atoms with E-state index in [0.717, 1.165) is 4.47 Å². The summed E-state index contributed by atoms with van der Waals surface area (Å²) in [7, 11) is 1.55. The summed E-state index contributed by atoms with van der Waals surface area (Å²) >= 11 is 9.44. The van der Waals surface area contributed by atoms with Gasteiger partial charge in [0.1, 0.15) is 23.1 Å². The molecule has 3 N–H and O–H groups in total. The Morgan fingerprint density at radius 2 is 1.95 bits per heavy atom. The molecule has 6 heteroatoms. The first kappa shape index (κ1) is 14.7. The van der Waals surface area contributed by atoms with Crippen LogP contribution in [-0.4, -0.2) is 12.9 Å². The minimum Gasteiger partial charge on any atom is -0.497 e. The normalized spacial score (nSPS) is 10.2. The molecule has 0 atom stereocenters. The average Bonchev–Trinajstić information content (AvgIpc) is 2.41. The van der Waals surface area contributed by atoms with Gasteiger partial charge < -0.3 is 15.2 Å². The van der Waals surface area contributed by atoms with Gasteiger partial charge in [0, 0.05) is 10.5 Å². The second kappa shape index (κ2) is 6.15. The minimum atomic E-state index is -0.0871. The second-order valence-corrected chi connectivity index (χ2v) is 5.28. The van der Waals surface area contributed by atoms with E-state index in [1.807, 2.05) is 6.07 Å². The molecule has 0 saturated carbocycles. The van der Waals surface area contributed by atoms with Gasteiger partial charge in [0.2, 0.25) is 0 Å². The summed E-state index contributed by atoms with van der Waals surface area (Å²) in [4.78, 5) is 0. The van der Waals surface area contributed by atoms with Crippen LogP contribution in [-0.2, 0) is 0 Å². The molecular weight excluding hydrogens is 344 g/mol. The van der Waals surface area contributed by atoms with Crippen molar-refractivity contribution in [3.63, 3.8) is 0 Å². The zero-order valence-electron chi connectivity index (χ0n) is 10.6. The van der Waals surface area contributed by atoms with Crippen molar-refractivity contribution >= 4 is 33.4 Å². The van der Waals surface area contributed by atoms with Crippen molar-refractivity contribution in [1.29, 1.82) is 5.41 Å². The fourth-order valence-corrected chi connectivity index (χ4v) is 2.33. The number of rotatable bonds is 4. The maximum absolute atomic E-state index is 7.57. The molecule has 0 aliphatic rings. The highest BCUT2D eigenvalue weighted by Crippen LogP contribution is 2.34. The van der Waals surface area contributed by atoms with E-state index < -0.39 is 0 Å². The summed E-state index contributed by atoms with van der Waals surface area (Å²) in [5.41, 5.74) is 6.02. The van der Waals surface area contributed by atoms with E-state index in [1.165, 1.54) is 0 Å². The highest BCUT2D eigenvalue weighted by Gasteiger charge is 2.11. The Bertz CT molecular complexity index is 662. The van der Waals surface area contributed by atoms with Crippen LogP contribution in [0.2, 0.25) is 5.02 Å². The van der Waals surface area contributed by atoms with Gasteiger partial charge in [-0.3, -0.25) is 5.41 Å². The predicted molar refractivity (Wildman–Crippen MR) is 83.2 cm³/mol. The van der Waals surface area contributed by atoms with E-state index in [1.54, 1.807) is 37.4 Å². The van der Waals surface area contributed by atoms with Crippen molar-refractivity contribution in [2.45, 2.75) is 0 Å². The summed E-state index contributed by atoms with van der Waals surface area (Å²) < 4.78 is 11.7. The van der Waals surface area contributed by atoms with Crippen molar-refractivity contribution < 1.29 is 9.47 Å². The smallest absolute Gasteiger partial charge is 0.146 e. The summed E-state index contributed by atoms with van der Waals surface area (Å²) in [5, 5.41) is 8.03. The molecule has 4 nitrogen and oxygen atoms in total. The maximum Gasteiger partial charge on any atom is 0.146 e. The van der Waals surface area contributed by atoms with Gasteiger partial charge in [-0.2, -0.15) is 0 Å². The molecule has 0 aromatic heterocycles. The standard InChI is InChI=1S/C14H12BrClN2O2/c1-19-9-3-4-10(14(17)18)13(7-9)20-12-5-2-8(15)6-11(12)16/h2-7H,1H3,(H3,17,18). The largest absolute Gasteiger partial charge is 0.497 e. The van der Waals surface area contributed by atoms with Crippen molar-refractivity contribution in [1.82, 2.24) is 0 Å². The molecule has 2 aromatic carbocycles. The first-order valence-electron chi connectivity index (χ1n) is 5.66. The van der Waals surface area contributed by atoms with E-state index in [-0.39, 0.29) is 5.84 Å². The number of hydrogen-bond acceptors (Lipinski definition) is 3. The van der Waals surface area contributed by atoms with Crippen LogP contribution in [0.25, 0.3) is 0 Å². The van der Waals surface area contributed by atoms with E-state index in [4.69, 9.17) is 32.2 Å². The number of hydrogen-bond donors (Lipinski definition) is 2. The predicted octanol–water partition coefficient (Wildman–Crippen LogP) is 4.19. The number of amidine groups is 1. The van der Waals surface area contributed by atoms with E-state index in [9.17, 15) is 0 Å². The van der Waals surface area contributed by atoms with Crippen LogP contribution in [0.3, 0.4) is 0 Å². The van der Waals surface area contributed by atoms with E-state index in [0.29, 0.717) is 27.8 Å². The van der Waals surface area contributed by atoms with Gasteiger partial charge in [-0.1, -0.05) is 27.5 Å². The third kappa shape index (κ3) is 3.23. The lowest BCUT2D eigenvalue weighted by Crippen LogP contribution is -2.12. The molecule has 104 valence electrons. The Kier molecular flexibility index (Phi) is 4.52. The molecule has 0 radical (unpaired) electrons. The summed E-state index contributed by atoms with van der Waals surface area (Å²) in [6, 6.07) is 10.3. The maximum atomic E-state index is 7.57. The van der Waals surface area contributed by atoms with Crippen molar-refractivity contribution in [2.75, 3.05) is 7.11 Å². The minimum absolute atomic E-state index is 0.0871. The lowest BCUT2D eigenvalue weighted by atomic mass is 10.1. The van der Waals surface area contributed by atoms with Gasteiger partial charge in [0.15, 0.2) is 0 Å². The molecule has 20 heavy (non-hydrogen) atoms. The summed E-state index contributed by atoms with van der Waals surface area (Å²) in [6.07, 6.45) is 0. The van der Waals surface area contributed by atoms with Crippen LogP contribution >= 0.6 is 27.5 Å². The Balaban J connectivity index is 2.43. The number of nitrogens with one attached hydrogen (secondary N) is 1. The van der Waals surface area contributed by atoms with Crippen LogP contribution in [0.1, 0.15) is 5.56 Å². The zero-order chi connectivity index (χ0) is 14.7. The molecule has 0 saturated heterocycles. The van der Waals surface area contributed by atoms with Gasteiger partial charge in [-0.25, -0.2) is 0 Å². The van der Waals surface area contributed by atoms with Gasteiger partial charge in [-0.05, 0) is 30.3 Å². The quantitative estimate of drug-likeness (QED) is 0.638. The SMILES string of the molecule is COc1ccc(C(=N)N)c(Oc2ccc(Br)cc2Cl)c1. The molecule has 0 aliphatic carbocycles. The topological polar surface area (TPSA) is 68.3 Å². The monoisotopic (exact) mass is 354 g/mol. The lowest BCUT2D eigenvalue weighted by Gasteiger charge is -2.13. The fourth-order valence-electron chi connectivity index (χ4n) is 1.61. The van der Waals surface area contributed by atoms with E-state index in [2.05, 4.69) is 15.9 Å². The molecule has 0 bridgehead atoms. The number of nitrogen functional groups attached to an aromatic ring is 1. The Labute approximate surface area is 130 Å². The molecule has 0 amide bonds. The van der Waals surface area contributed by atoms with Crippen LogP contribution in [0.4, 0.5) is 0 Å². The Morgan fingerprint density at radius 1 is 1.20 bits per heavy atom. The van der Waals surface area contributed by atoms with Crippen molar-refractivity contribution in [3.8, 4) is 17.2 Å². The molecule has 0 aliphatic heterocycles. The van der Waals surface area contributed by atoms with Gasteiger partial charge >= 0.3 is 0 Å². The number of nitrogens with two attached hydrogens (primary N) is 1. The molecule has 0 spiro atoms. The Morgan fingerprint density at radius 3 is 2.55 bits per heavy atom. The number of halogens is 2. The zero-order valence-corrected chi connectivity index (χ0v) is 13.0. The molecule has 0 unspecified atom stereocenters. The molecule has 2 aromatic rings. The first-order chi connectivity index (χ1) is 9.51. The van der Waals surface area contributed by atoms with Crippen LogP contribution in [0.5, 0.6) is 17.2 Å². The number of methoxy groups -OCH3 is 1. The molecule has 0 heterocycles. The van der Waals surface area contributed by atoms with Crippen LogP contribution in [0.15, 0.2) is 40.9 Å². The van der Waals surface area contributed by atoms with Crippen molar-refractivity contribution in [2.24, 2.45) is 5.73 Å². The summed E-state index contributed by atoms with van der Waals surface area (Å²) in [6.45, 7) is 0. The number of ether oxygens (including phenoxy) is 2. The Hall–Kier alpha value is -1.72. The molecule has 0 fully saturated rings. The van der Waals surface area contributed by atoms with Gasteiger partial charge in [0.25, 0.3) is 0 Å². The summed E-state index contributed by atoms with van der Waals surface area (Å²) in [5.74, 6) is 1.42. The highest BCUT2D eigenvalue weighted by molar-refractivity contribution is 9.10. The third-order valence-corrected chi connectivity index (χ3v) is 3.38. The second-order valence-electron chi connectivity index (χ2n) is 3.95. The molecule has 2 rings (SSSR count).